The van der Waals surface area contributed by atoms with E-state index in [1.54, 1.807) is 36.4 Å². The van der Waals surface area contributed by atoms with E-state index >= 15 is 0 Å². The van der Waals surface area contributed by atoms with E-state index in [4.69, 9.17) is 4.18 Å². The molecule has 0 unspecified atom stereocenters. The summed E-state index contributed by atoms with van der Waals surface area (Å²) in [6.45, 7) is 2.26. The fraction of sp³-hybridized carbons (Fsp3) is 0.0909. The van der Waals surface area contributed by atoms with Gasteiger partial charge in [-0.05, 0) is 43.3 Å². The number of rotatable bonds is 5. The van der Waals surface area contributed by atoms with Crippen LogP contribution in [-0.4, -0.2) is 15.0 Å². The van der Waals surface area contributed by atoms with Crippen molar-refractivity contribution in [3.8, 4) is 17.6 Å². The smallest absolute Gasteiger partial charge is 0.339 e. The van der Waals surface area contributed by atoms with Gasteiger partial charge < -0.3 is 9.50 Å². The highest BCUT2D eigenvalue weighted by atomic mass is 32.2. The Morgan fingerprint density at radius 3 is 2.30 bits per heavy atom. The summed E-state index contributed by atoms with van der Waals surface area (Å²) in [6, 6.07) is 23.1. The molecule has 0 atom stereocenters. The Hall–Kier alpha value is -3.23. The Morgan fingerprint density at radius 2 is 1.56 bits per heavy atom. The summed E-state index contributed by atoms with van der Waals surface area (Å²) < 4.78 is 30.3. The van der Waals surface area contributed by atoms with E-state index in [1.807, 2.05) is 37.3 Å². The van der Waals surface area contributed by atoms with E-state index in [2.05, 4.69) is 17.2 Å². The van der Waals surface area contributed by atoms with Gasteiger partial charge in [0.25, 0.3) is 0 Å². The second-order valence-corrected chi connectivity index (χ2v) is 7.41. The van der Waals surface area contributed by atoms with Crippen LogP contribution in [0.4, 0.5) is 5.69 Å². The Bertz CT molecular complexity index is 1060. The van der Waals surface area contributed by atoms with Crippen LogP contribution in [0.15, 0.2) is 83.8 Å². The topological polar surface area (TPSA) is 55.4 Å². The summed E-state index contributed by atoms with van der Waals surface area (Å²) in [6.07, 6.45) is 0. The molecule has 0 heterocycles. The highest BCUT2D eigenvalue weighted by Gasteiger charge is 2.18. The molecule has 0 bridgehead atoms. The second-order valence-electron chi connectivity index (χ2n) is 5.87. The summed E-state index contributed by atoms with van der Waals surface area (Å²) in [5.41, 5.74) is 2.47. The van der Waals surface area contributed by atoms with Crippen LogP contribution < -0.4 is 9.50 Å². The maximum Gasteiger partial charge on any atom is 0.339 e. The monoisotopic (exact) mass is 377 g/mol. The van der Waals surface area contributed by atoms with E-state index < -0.39 is 10.1 Å². The van der Waals surface area contributed by atoms with Crippen molar-refractivity contribution >= 4 is 15.8 Å². The predicted molar refractivity (Wildman–Crippen MR) is 107 cm³/mol. The van der Waals surface area contributed by atoms with Crippen molar-refractivity contribution < 1.29 is 12.6 Å². The lowest BCUT2D eigenvalue weighted by Gasteiger charge is -2.12. The molecule has 3 aromatic rings. The van der Waals surface area contributed by atoms with Crippen molar-refractivity contribution in [3.05, 3.63) is 90.0 Å². The minimum absolute atomic E-state index is 0.117. The molecule has 27 heavy (non-hydrogen) atoms. The van der Waals surface area contributed by atoms with Crippen LogP contribution in [0, 0.1) is 18.8 Å². The molecule has 0 aliphatic carbocycles. The van der Waals surface area contributed by atoms with Gasteiger partial charge in [-0.15, -0.1) is 0 Å². The number of para-hydroxylation sites is 2. The van der Waals surface area contributed by atoms with E-state index in [-0.39, 0.29) is 10.6 Å². The van der Waals surface area contributed by atoms with Crippen LogP contribution in [-0.2, 0) is 10.1 Å². The lowest BCUT2D eigenvalue weighted by Crippen LogP contribution is -2.11. The zero-order chi connectivity index (χ0) is 19.1. The van der Waals surface area contributed by atoms with Crippen LogP contribution in [0.1, 0.15) is 11.1 Å². The molecule has 136 valence electrons. The molecule has 3 aromatic carbocycles. The predicted octanol–water partition coefficient (Wildman–Crippen LogP) is 4.23. The fourth-order valence-corrected chi connectivity index (χ4v) is 3.31. The van der Waals surface area contributed by atoms with Crippen molar-refractivity contribution in [1.82, 2.24) is 0 Å². The van der Waals surface area contributed by atoms with Crippen LogP contribution in [0.2, 0.25) is 0 Å². The summed E-state index contributed by atoms with van der Waals surface area (Å²) >= 11 is 0. The van der Waals surface area contributed by atoms with Gasteiger partial charge in [0.1, 0.15) is 4.90 Å². The molecule has 0 amide bonds. The van der Waals surface area contributed by atoms with Crippen molar-refractivity contribution in [3.63, 3.8) is 0 Å². The van der Waals surface area contributed by atoms with E-state index in [0.29, 0.717) is 12.2 Å². The summed E-state index contributed by atoms with van der Waals surface area (Å²) in [4.78, 5) is 0.117. The van der Waals surface area contributed by atoms with Gasteiger partial charge in [-0.25, -0.2) is 0 Å². The van der Waals surface area contributed by atoms with Crippen LogP contribution >= 0.6 is 0 Å². The van der Waals surface area contributed by atoms with Crippen molar-refractivity contribution in [2.75, 3.05) is 11.9 Å². The van der Waals surface area contributed by atoms with Crippen LogP contribution in [0.5, 0.6) is 5.75 Å². The molecule has 0 spiro atoms. The highest BCUT2D eigenvalue weighted by molar-refractivity contribution is 7.87. The first kappa shape index (κ1) is 18.6. The highest BCUT2D eigenvalue weighted by Crippen LogP contribution is 2.27. The van der Waals surface area contributed by atoms with Crippen LogP contribution in [0.25, 0.3) is 0 Å². The molecular formula is C22H19NO3S. The zero-order valence-corrected chi connectivity index (χ0v) is 15.7. The Kier molecular flexibility index (Phi) is 5.80. The van der Waals surface area contributed by atoms with Gasteiger partial charge in [0.2, 0.25) is 0 Å². The van der Waals surface area contributed by atoms with Gasteiger partial charge in [-0.3, -0.25) is 0 Å². The Balaban J connectivity index is 1.72. The first-order chi connectivity index (χ1) is 13.0. The average Bonchev–Trinajstić information content (AvgIpc) is 2.67. The molecule has 0 fully saturated rings. The number of hydrogen-bond acceptors (Lipinski definition) is 4. The minimum atomic E-state index is -3.90. The summed E-state index contributed by atoms with van der Waals surface area (Å²) in [5, 5.41) is 3.10. The lowest BCUT2D eigenvalue weighted by molar-refractivity contribution is 0.487. The second kappa shape index (κ2) is 8.43. The SMILES string of the molecule is Cc1ccc(S(=O)(=O)Oc2ccccc2NCC#Cc2ccccc2)cc1. The summed E-state index contributed by atoms with van der Waals surface area (Å²) in [5.74, 6) is 6.29. The first-order valence-electron chi connectivity index (χ1n) is 8.42. The minimum Gasteiger partial charge on any atom is -0.377 e. The molecule has 0 aromatic heterocycles. The molecular weight excluding hydrogens is 358 g/mol. The van der Waals surface area contributed by atoms with E-state index in [0.717, 1.165) is 11.1 Å². The van der Waals surface area contributed by atoms with Gasteiger partial charge in [0, 0.05) is 5.56 Å². The third-order valence-corrected chi connectivity index (χ3v) is 5.02. The molecule has 3 rings (SSSR count). The van der Waals surface area contributed by atoms with Crippen molar-refractivity contribution in [2.24, 2.45) is 0 Å². The van der Waals surface area contributed by atoms with Crippen molar-refractivity contribution in [2.45, 2.75) is 11.8 Å². The normalized spacial score (nSPS) is 10.6. The average molecular weight is 377 g/mol. The third kappa shape index (κ3) is 5.13. The molecule has 5 heteroatoms. The quantitative estimate of drug-likeness (QED) is 0.534. The van der Waals surface area contributed by atoms with Gasteiger partial charge in [0.05, 0.1) is 12.2 Å². The zero-order valence-electron chi connectivity index (χ0n) is 14.8. The molecule has 1 N–H and O–H groups in total. The molecule has 0 saturated heterocycles. The largest absolute Gasteiger partial charge is 0.377 e. The third-order valence-electron chi connectivity index (χ3n) is 3.77. The van der Waals surface area contributed by atoms with Gasteiger partial charge >= 0.3 is 10.1 Å². The molecule has 0 radical (unpaired) electrons. The maximum atomic E-state index is 12.5. The number of aryl methyl sites for hydroxylation is 1. The lowest BCUT2D eigenvalue weighted by atomic mass is 10.2. The van der Waals surface area contributed by atoms with Gasteiger partial charge in [-0.1, -0.05) is 59.9 Å². The first-order valence-corrected chi connectivity index (χ1v) is 9.83. The molecule has 0 saturated carbocycles. The van der Waals surface area contributed by atoms with Crippen molar-refractivity contribution in [1.29, 1.82) is 0 Å². The molecule has 0 aliphatic rings. The number of anilines is 1. The fourth-order valence-electron chi connectivity index (χ4n) is 2.36. The summed E-state index contributed by atoms with van der Waals surface area (Å²) in [7, 11) is -3.90. The van der Waals surface area contributed by atoms with Gasteiger partial charge in [0.15, 0.2) is 5.75 Å². The molecule has 0 aliphatic heterocycles. The van der Waals surface area contributed by atoms with E-state index in [9.17, 15) is 8.42 Å². The Labute approximate surface area is 160 Å². The Morgan fingerprint density at radius 1 is 0.889 bits per heavy atom. The van der Waals surface area contributed by atoms with Crippen LogP contribution in [0.3, 0.4) is 0 Å². The molecule has 4 nitrogen and oxygen atoms in total. The number of hydrogen-bond donors (Lipinski definition) is 1. The van der Waals surface area contributed by atoms with Gasteiger partial charge in [-0.2, -0.15) is 8.42 Å². The standard InChI is InChI=1S/C22H19NO3S/c1-18-13-15-20(16-14-18)27(24,25)26-22-12-6-5-11-21(22)23-17-7-10-19-8-3-2-4-9-19/h2-6,8-9,11-16,23H,17H2,1H3. The number of benzene rings is 3. The number of nitrogens with one attached hydrogen (secondary N) is 1. The van der Waals surface area contributed by atoms with E-state index in [1.165, 1.54) is 12.1 Å². The maximum absolute atomic E-state index is 12.5.